The van der Waals surface area contributed by atoms with Crippen molar-refractivity contribution in [1.82, 2.24) is 10.6 Å². The fourth-order valence-corrected chi connectivity index (χ4v) is 1.96. The van der Waals surface area contributed by atoms with Crippen LogP contribution < -0.4 is 10.6 Å². The Morgan fingerprint density at radius 3 is 2.59 bits per heavy atom. The molecule has 1 atom stereocenters. The smallest absolute Gasteiger partial charge is 0.226 e. The summed E-state index contributed by atoms with van der Waals surface area (Å²) in [4.78, 5) is 11.8. The van der Waals surface area contributed by atoms with Gasteiger partial charge in [-0.05, 0) is 25.0 Å². The van der Waals surface area contributed by atoms with Gasteiger partial charge in [0, 0.05) is 13.1 Å². The van der Waals surface area contributed by atoms with Crippen LogP contribution in [0.4, 0.5) is 0 Å². The molecule has 3 nitrogen and oxygen atoms in total. The van der Waals surface area contributed by atoms with E-state index in [-0.39, 0.29) is 30.3 Å². The molecule has 94 valence electrons. The van der Waals surface area contributed by atoms with Gasteiger partial charge in [0.15, 0.2) is 0 Å². The minimum atomic E-state index is 0. The number of carbonyl (C=O) groups excluding carboxylic acids is 1. The van der Waals surface area contributed by atoms with Gasteiger partial charge in [-0.15, -0.1) is 12.4 Å². The quantitative estimate of drug-likeness (QED) is 0.864. The molecular formula is C13H19ClN2O. The van der Waals surface area contributed by atoms with E-state index in [9.17, 15) is 4.79 Å². The predicted molar refractivity (Wildman–Crippen MR) is 71.3 cm³/mol. The molecule has 0 bridgehead atoms. The van der Waals surface area contributed by atoms with Crippen molar-refractivity contribution in [3.63, 3.8) is 0 Å². The molecule has 0 aromatic heterocycles. The molecule has 1 saturated heterocycles. The fraction of sp³-hybridized carbons (Fsp3) is 0.462. The summed E-state index contributed by atoms with van der Waals surface area (Å²) in [6.07, 6.45) is 0. The average Bonchev–Trinajstić information content (AvgIpc) is 2.15. The van der Waals surface area contributed by atoms with Crippen LogP contribution in [-0.4, -0.2) is 19.0 Å². The van der Waals surface area contributed by atoms with Gasteiger partial charge >= 0.3 is 0 Å². The summed E-state index contributed by atoms with van der Waals surface area (Å²) in [5.41, 5.74) is 2.42. The Bertz CT molecular complexity index is 391. The second kappa shape index (κ2) is 6.03. The van der Waals surface area contributed by atoms with E-state index >= 15 is 0 Å². The van der Waals surface area contributed by atoms with Crippen LogP contribution in [0.2, 0.25) is 0 Å². The number of amides is 1. The molecule has 2 rings (SSSR count). The molecule has 1 amide bonds. The van der Waals surface area contributed by atoms with Crippen LogP contribution in [0.5, 0.6) is 0 Å². The standard InChI is InChI=1S/C13H18N2O.ClH/c1-9-5-3-4-6-12(9)10(2)15-13(16)11-7-14-8-11;/h3-6,10-11,14H,7-8H2,1-2H3,(H,15,16);1H. The molecule has 4 heteroatoms. The van der Waals surface area contributed by atoms with Crippen LogP contribution in [0, 0.1) is 12.8 Å². The molecular weight excluding hydrogens is 236 g/mol. The van der Waals surface area contributed by atoms with Gasteiger partial charge < -0.3 is 10.6 Å². The molecule has 1 aliphatic heterocycles. The van der Waals surface area contributed by atoms with Gasteiger partial charge in [0.25, 0.3) is 0 Å². The number of hydrogen-bond donors (Lipinski definition) is 2. The first-order chi connectivity index (χ1) is 7.68. The zero-order chi connectivity index (χ0) is 11.5. The third kappa shape index (κ3) is 3.20. The Morgan fingerprint density at radius 1 is 1.41 bits per heavy atom. The predicted octanol–water partition coefficient (Wildman–Crippen LogP) is 1.81. The lowest BCUT2D eigenvalue weighted by molar-refractivity contribution is -0.127. The SMILES string of the molecule is Cc1ccccc1C(C)NC(=O)C1CNC1.Cl. The summed E-state index contributed by atoms with van der Waals surface area (Å²) in [6, 6.07) is 8.26. The molecule has 0 radical (unpaired) electrons. The first kappa shape index (κ1) is 14.0. The van der Waals surface area contributed by atoms with E-state index in [2.05, 4.69) is 29.7 Å². The zero-order valence-corrected chi connectivity index (χ0v) is 11.0. The summed E-state index contributed by atoms with van der Waals surface area (Å²) in [5.74, 6) is 0.320. The second-order valence-electron chi connectivity index (χ2n) is 4.44. The molecule has 0 spiro atoms. The lowest BCUT2D eigenvalue weighted by Gasteiger charge is -2.28. The number of nitrogens with one attached hydrogen (secondary N) is 2. The minimum Gasteiger partial charge on any atom is -0.349 e. The van der Waals surface area contributed by atoms with Crippen molar-refractivity contribution in [2.24, 2.45) is 5.92 Å². The molecule has 17 heavy (non-hydrogen) atoms. The van der Waals surface area contributed by atoms with Gasteiger partial charge in [-0.25, -0.2) is 0 Å². The maximum absolute atomic E-state index is 11.8. The highest BCUT2D eigenvalue weighted by Crippen LogP contribution is 2.17. The number of rotatable bonds is 3. The Hall–Kier alpha value is -1.06. The number of hydrogen-bond acceptors (Lipinski definition) is 2. The van der Waals surface area contributed by atoms with Crippen LogP contribution in [-0.2, 0) is 4.79 Å². The largest absolute Gasteiger partial charge is 0.349 e. The van der Waals surface area contributed by atoms with Crippen LogP contribution in [0.15, 0.2) is 24.3 Å². The monoisotopic (exact) mass is 254 g/mol. The normalized spacial score (nSPS) is 16.6. The van der Waals surface area contributed by atoms with E-state index < -0.39 is 0 Å². The van der Waals surface area contributed by atoms with E-state index in [1.54, 1.807) is 0 Å². The van der Waals surface area contributed by atoms with Crippen molar-refractivity contribution < 1.29 is 4.79 Å². The summed E-state index contributed by atoms with van der Waals surface area (Å²) in [7, 11) is 0. The van der Waals surface area contributed by atoms with Crippen LogP contribution in [0.1, 0.15) is 24.1 Å². The average molecular weight is 255 g/mol. The van der Waals surface area contributed by atoms with Gasteiger partial charge in [0.2, 0.25) is 5.91 Å². The lowest BCUT2D eigenvalue weighted by atomic mass is 9.99. The molecule has 0 saturated carbocycles. The van der Waals surface area contributed by atoms with E-state index in [1.807, 2.05) is 19.1 Å². The van der Waals surface area contributed by atoms with E-state index in [1.165, 1.54) is 11.1 Å². The minimum absolute atomic E-state index is 0. The topological polar surface area (TPSA) is 41.1 Å². The number of carbonyl (C=O) groups is 1. The molecule has 1 aliphatic rings. The van der Waals surface area contributed by atoms with E-state index in [0.717, 1.165) is 13.1 Å². The van der Waals surface area contributed by atoms with E-state index in [4.69, 9.17) is 0 Å². The Morgan fingerprint density at radius 2 is 2.06 bits per heavy atom. The van der Waals surface area contributed by atoms with Gasteiger partial charge in [0.1, 0.15) is 0 Å². The third-order valence-corrected chi connectivity index (χ3v) is 3.17. The highest BCUT2D eigenvalue weighted by atomic mass is 35.5. The summed E-state index contributed by atoms with van der Waals surface area (Å²) in [5, 5.41) is 6.17. The van der Waals surface area contributed by atoms with Crippen molar-refractivity contribution in [2.45, 2.75) is 19.9 Å². The summed E-state index contributed by atoms with van der Waals surface area (Å²) in [6.45, 7) is 5.73. The van der Waals surface area contributed by atoms with E-state index in [0.29, 0.717) is 0 Å². The molecule has 1 aromatic rings. The van der Waals surface area contributed by atoms with Gasteiger partial charge in [-0.2, -0.15) is 0 Å². The van der Waals surface area contributed by atoms with Crippen LogP contribution in [0.3, 0.4) is 0 Å². The van der Waals surface area contributed by atoms with Crippen molar-refractivity contribution in [3.05, 3.63) is 35.4 Å². The third-order valence-electron chi connectivity index (χ3n) is 3.17. The number of halogens is 1. The maximum Gasteiger partial charge on any atom is 0.226 e. The molecule has 0 aliphatic carbocycles. The lowest BCUT2D eigenvalue weighted by Crippen LogP contribution is -2.51. The van der Waals surface area contributed by atoms with Crippen molar-refractivity contribution in [1.29, 1.82) is 0 Å². The Labute approximate surface area is 108 Å². The van der Waals surface area contributed by atoms with Crippen molar-refractivity contribution in [3.8, 4) is 0 Å². The van der Waals surface area contributed by atoms with Crippen LogP contribution >= 0.6 is 12.4 Å². The molecule has 1 aromatic carbocycles. The number of aryl methyl sites for hydroxylation is 1. The molecule has 1 unspecified atom stereocenters. The van der Waals surface area contributed by atoms with Gasteiger partial charge in [0.05, 0.1) is 12.0 Å². The first-order valence-corrected chi connectivity index (χ1v) is 5.75. The zero-order valence-electron chi connectivity index (χ0n) is 10.2. The molecule has 1 fully saturated rings. The second-order valence-corrected chi connectivity index (χ2v) is 4.44. The molecule has 2 N–H and O–H groups in total. The summed E-state index contributed by atoms with van der Waals surface area (Å²) < 4.78 is 0. The molecule has 1 heterocycles. The maximum atomic E-state index is 11.8. The van der Waals surface area contributed by atoms with Gasteiger partial charge in [-0.3, -0.25) is 4.79 Å². The van der Waals surface area contributed by atoms with Crippen LogP contribution in [0.25, 0.3) is 0 Å². The fourth-order valence-electron chi connectivity index (χ4n) is 1.96. The highest BCUT2D eigenvalue weighted by Gasteiger charge is 2.26. The highest BCUT2D eigenvalue weighted by molar-refractivity contribution is 5.85. The first-order valence-electron chi connectivity index (χ1n) is 5.75. The Balaban J connectivity index is 0.00000144. The van der Waals surface area contributed by atoms with Crippen molar-refractivity contribution >= 4 is 18.3 Å². The Kier molecular flexibility index (Phi) is 4.97. The van der Waals surface area contributed by atoms with Crippen molar-refractivity contribution in [2.75, 3.05) is 13.1 Å². The summed E-state index contributed by atoms with van der Waals surface area (Å²) >= 11 is 0. The number of benzene rings is 1. The van der Waals surface area contributed by atoms with Gasteiger partial charge in [-0.1, -0.05) is 24.3 Å².